The van der Waals surface area contributed by atoms with Crippen LogP contribution in [-0.2, 0) is 4.79 Å². The van der Waals surface area contributed by atoms with Crippen LogP contribution in [-0.4, -0.2) is 53.6 Å². The number of amides is 1. The molecule has 2 rings (SSSR count). The molecule has 0 aromatic heterocycles. The van der Waals surface area contributed by atoms with Crippen molar-refractivity contribution in [2.75, 3.05) is 19.6 Å². The Morgan fingerprint density at radius 2 is 2.00 bits per heavy atom. The Morgan fingerprint density at radius 3 is 2.52 bits per heavy atom. The number of nitrogens with zero attached hydrogens (tertiary/aromatic N) is 2. The van der Waals surface area contributed by atoms with Crippen molar-refractivity contribution in [2.45, 2.75) is 72.1 Å². The van der Waals surface area contributed by atoms with E-state index in [0.717, 1.165) is 25.9 Å². The van der Waals surface area contributed by atoms with Crippen LogP contribution in [0.2, 0.25) is 0 Å². The van der Waals surface area contributed by atoms with E-state index < -0.39 is 0 Å². The Kier molecular flexibility index (Phi) is 5.67. The molecule has 3 unspecified atom stereocenters. The second-order valence-electron chi connectivity index (χ2n) is 7.51. The summed E-state index contributed by atoms with van der Waals surface area (Å²) < 4.78 is 0. The average molecular weight is 295 g/mol. The molecular formula is C17H33N3O. The van der Waals surface area contributed by atoms with Crippen molar-refractivity contribution in [3.8, 4) is 0 Å². The number of carbonyl (C=O) groups is 1. The van der Waals surface area contributed by atoms with Crippen LogP contribution in [0.5, 0.6) is 0 Å². The van der Waals surface area contributed by atoms with Gasteiger partial charge in [0.1, 0.15) is 0 Å². The number of hydrogen-bond acceptors (Lipinski definition) is 3. The maximum atomic E-state index is 12.6. The third-order valence-electron chi connectivity index (χ3n) is 4.96. The summed E-state index contributed by atoms with van der Waals surface area (Å²) in [5.74, 6) is 1.58. The van der Waals surface area contributed by atoms with E-state index in [1.54, 1.807) is 0 Å². The maximum absolute atomic E-state index is 12.6. The van der Waals surface area contributed by atoms with Crippen LogP contribution in [0.1, 0.15) is 53.9 Å². The van der Waals surface area contributed by atoms with Gasteiger partial charge in [0.2, 0.25) is 5.91 Å². The van der Waals surface area contributed by atoms with Gasteiger partial charge >= 0.3 is 0 Å². The predicted molar refractivity (Wildman–Crippen MR) is 87.0 cm³/mol. The lowest BCUT2D eigenvalue weighted by Gasteiger charge is -2.28. The van der Waals surface area contributed by atoms with Crippen LogP contribution in [0.15, 0.2) is 0 Å². The summed E-state index contributed by atoms with van der Waals surface area (Å²) in [5.41, 5.74) is 0. The number of rotatable bonds is 6. The van der Waals surface area contributed by atoms with E-state index >= 15 is 0 Å². The van der Waals surface area contributed by atoms with Gasteiger partial charge in [-0.25, -0.2) is 0 Å². The standard InChI is InChI=1S/C17H33N3O/c1-6-15-17(21)20(16(18-15)9-12(2)3)11-14-7-8-19(10-14)13(4)5/h12-16,18H,6-11H2,1-5H3. The van der Waals surface area contributed by atoms with Crippen LogP contribution >= 0.6 is 0 Å². The van der Waals surface area contributed by atoms with Crippen molar-refractivity contribution in [1.29, 1.82) is 0 Å². The molecule has 2 heterocycles. The molecular weight excluding hydrogens is 262 g/mol. The molecule has 4 heteroatoms. The lowest BCUT2D eigenvalue weighted by atomic mass is 10.1. The smallest absolute Gasteiger partial charge is 0.241 e. The van der Waals surface area contributed by atoms with Crippen molar-refractivity contribution in [3.05, 3.63) is 0 Å². The van der Waals surface area contributed by atoms with Crippen LogP contribution in [0.3, 0.4) is 0 Å². The SMILES string of the molecule is CCC1NC(CC(C)C)N(CC2CCN(C(C)C)C2)C1=O. The largest absolute Gasteiger partial charge is 0.325 e. The summed E-state index contributed by atoms with van der Waals surface area (Å²) >= 11 is 0. The highest BCUT2D eigenvalue weighted by molar-refractivity contribution is 5.84. The van der Waals surface area contributed by atoms with Gasteiger partial charge in [-0.05, 0) is 51.5 Å². The Morgan fingerprint density at radius 1 is 1.29 bits per heavy atom. The van der Waals surface area contributed by atoms with E-state index in [1.807, 2.05) is 0 Å². The average Bonchev–Trinajstić information content (AvgIpc) is 2.98. The molecule has 2 aliphatic rings. The molecule has 0 aromatic rings. The zero-order valence-electron chi connectivity index (χ0n) is 14.4. The van der Waals surface area contributed by atoms with Gasteiger partial charge in [0.25, 0.3) is 0 Å². The van der Waals surface area contributed by atoms with Crippen LogP contribution in [0, 0.1) is 11.8 Å². The van der Waals surface area contributed by atoms with Gasteiger partial charge in [0, 0.05) is 19.1 Å². The fraction of sp³-hybridized carbons (Fsp3) is 0.941. The fourth-order valence-electron chi connectivity index (χ4n) is 3.66. The molecule has 2 aliphatic heterocycles. The van der Waals surface area contributed by atoms with E-state index in [1.165, 1.54) is 13.0 Å². The topological polar surface area (TPSA) is 35.6 Å². The normalized spacial score (nSPS) is 31.1. The minimum absolute atomic E-state index is 0.0383. The summed E-state index contributed by atoms with van der Waals surface area (Å²) in [7, 11) is 0. The quantitative estimate of drug-likeness (QED) is 0.817. The highest BCUT2D eigenvalue weighted by Gasteiger charge is 2.39. The first-order chi connectivity index (χ1) is 9.92. The monoisotopic (exact) mass is 295 g/mol. The van der Waals surface area contributed by atoms with Gasteiger partial charge in [-0.1, -0.05) is 20.8 Å². The van der Waals surface area contributed by atoms with E-state index in [4.69, 9.17) is 0 Å². The van der Waals surface area contributed by atoms with Crippen molar-refractivity contribution < 1.29 is 4.79 Å². The number of hydrogen-bond donors (Lipinski definition) is 1. The third-order valence-corrected chi connectivity index (χ3v) is 4.96. The molecule has 4 nitrogen and oxygen atoms in total. The van der Waals surface area contributed by atoms with E-state index in [9.17, 15) is 4.79 Å². The molecule has 21 heavy (non-hydrogen) atoms. The summed E-state index contributed by atoms with van der Waals surface area (Å²) in [6.45, 7) is 14.4. The molecule has 1 amide bonds. The fourth-order valence-corrected chi connectivity index (χ4v) is 3.66. The van der Waals surface area contributed by atoms with Gasteiger partial charge in [0.05, 0.1) is 12.2 Å². The van der Waals surface area contributed by atoms with Crippen LogP contribution < -0.4 is 5.32 Å². The second-order valence-corrected chi connectivity index (χ2v) is 7.51. The highest BCUT2D eigenvalue weighted by atomic mass is 16.2. The van der Waals surface area contributed by atoms with Crippen molar-refractivity contribution in [2.24, 2.45) is 11.8 Å². The lowest BCUT2D eigenvalue weighted by molar-refractivity contribution is -0.130. The van der Waals surface area contributed by atoms with Gasteiger partial charge in [-0.3, -0.25) is 10.1 Å². The van der Waals surface area contributed by atoms with Gasteiger partial charge in [0.15, 0.2) is 0 Å². The molecule has 0 bridgehead atoms. The van der Waals surface area contributed by atoms with E-state index in [0.29, 0.717) is 23.8 Å². The summed E-state index contributed by atoms with van der Waals surface area (Å²) in [4.78, 5) is 17.3. The zero-order chi connectivity index (χ0) is 15.6. The minimum Gasteiger partial charge on any atom is -0.325 e. The number of carbonyl (C=O) groups excluding carboxylic acids is 1. The lowest BCUT2D eigenvalue weighted by Crippen LogP contribution is -2.42. The highest BCUT2D eigenvalue weighted by Crippen LogP contribution is 2.25. The summed E-state index contributed by atoms with van der Waals surface area (Å²) in [6, 6.07) is 0.661. The van der Waals surface area contributed by atoms with Crippen LogP contribution in [0.25, 0.3) is 0 Å². The summed E-state index contributed by atoms with van der Waals surface area (Å²) in [6.07, 6.45) is 3.43. The van der Waals surface area contributed by atoms with Crippen LogP contribution in [0.4, 0.5) is 0 Å². The first-order valence-electron chi connectivity index (χ1n) is 8.72. The molecule has 0 saturated carbocycles. The van der Waals surface area contributed by atoms with Gasteiger partial charge in [-0.15, -0.1) is 0 Å². The molecule has 0 aliphatic carbocycles. The first kappa shape index (κ1) is 16.8. The molecule has 0 aromatic carbocycles. The van der Waals surface area contributed by atoms with E-state index in [-0.39, 0.29) is 12.2 Å². The number of nitrogens with one attached hydrogen (secondary N) is 1. The molecule has 2 saturated heterocycles. The third kappa shape index (κ3) is 3.98. The molecule has 122 valence electrons. The number of likely N-dealkylation sites (tertiary alicyclic amines) is 1. The van der Waals surface area contributed by atoms with E-state index in [2.05, 4.69) is 49.7 Å². The Hall–Kier alpha value is -0.610. The Balaban J connectivity index is 1.97. The molecule has 1 N–H and O–H groups in total. The Labute approximate surface area is 130 Å². The van der Waals surface area contributed by atoms with Gasteiger partial charge in [-0.2, -0.15) is 0 Å². The summed E-state index contributed by atoms with van der Waals surface area (Å²) in [5, 5.41) is 3.54. The van der Waals surface area contributed by atoms with Crippen molar-refractivity contribution >= 4 is 5.91 Å². The molecule has 3 atom stereocenters. The maximum Gasteiger partial charge on any atom is 0.241 e. The van der Waals surface area contributed by atoms with Crippen molar-refractivity contribution in [1.82, 2.24) is 15.1 Å². The minimum atomic E-state index is 0.0383. The first-order valence-corrected chi connectivity index (χ1v) is 8.72. The second kappa shape index (κ2) is 7.10. The molecule has 2 fully saturated rings. The molecule has 0 radical (unpaired) electrons. The molecule has 0 spiro atoms. The zero-order valence-corrected chi connectivity index (χ0v) is 14.4. The Bertz CT molecular complexity index is 356. The van der Waals surface area contributed by atoms with Gasteiger partial charge < -0.3 is 9.80 Å². The van der Waals surface area contributed by atoms with Crippen molar-refractivity contribution in [3.63, 3.8) is 0 Å². The predicted octanol–water partition coefficient (Wildman–Crippen LogP) is 2.30.